The van der Waals surface area contributed by atoms with Crippen LogP contribution >= 0.6 is 11.3 Å². The third kappa shape index (κ3) is 5.45. The van der Waals surface area contributed by atoms with Crippen LogP contribution in [0.5, 0.6) is 0 Å². The molecule has 2 atom stereocenters. The first-order valence-corrected chi connectivity index (χ1v) is 10.4. The summed E-state index contributed by atoms with van der Waals surface area (Å²) in [6.45, 7) is 4.38. The summed E-state index contributed by atoms with van der Waals surface area (Å²) in [6, 6.07) is 6.04. The Labute approximate surface area is 160 Å². The van der Waals surface area contributed by atoms with Crippen molar-refractivity contribution in [2.24, 2.45) is 4.99 Å². The Morgan fingerprint density at radius 3 is 2.88 bits per heavy atom. The Morgan fingerprint density at radius 1 is 1.42 bits per heavy atom. The molecule has 1 saturated carbocycles. The zero-order valence-electron chi connectivity index (χ0n) is 16.1. The van der Waals surface area contributed by atoms with Crippen molar-refractivity contribution in [3.05, 3.63) is 22.4 Å². The molecule has 26 heavy (non-hydrogen) atoms. The number of guanidine groups is 1. The number of rotatable bonds is 7. The Balaban J connectivity index is 1.54. The van der Waals surface area contributed by atoms with Crippen molar-refractivity contribution in [3.63, 3.8) is 0 Å². The van der Waals surface area contributed by atoms with Gasteiger partial charge in [-0.3, -0.25) is 9.69 Å². The molecule has 6 nitrogen and oxygen atoms in total. The van der Waals surface area contributed by atoms with E-state index in [2.05, 4.69) is 45.0 Å². The summed E-state index contributed by atoms with van der Waals surface area (Å²) in [5.41, 5.74) is 0. The van der Waals surface area contributed by atoms with Gasteiger partial charge >= 0.3 is 0 Å². The highest BCUT2D eigenvalue weighted by Crippen LogP contribution is 2.33. The molecule has 0 aromatic carbocycles. The predicted octanol–water partition coefficient (Wildman–Crippen LogP) is 1.54. The minimum atomic E-state index is 0.0174. The highest BCUT2D eigenvalue weighted by molar-refractivity contribution is 7.09. The molecular weight excluding hydrogens is 346 g/mol. The number of carbonyl (C=O) groups is 1. The SMILES string of the molecule is CC1CC(NC(=NCC(=O)N(C)C)NCCc2cccs2)CN1C1CC1. The Kier molecular flexibility index (Phi) is 6.53. The molecule has 1 saturated heterocycles. The first-order valence-electron chi connectivity index (χ1n) is 9.56. The van der Waals surface area contributed by atoms with Crippen LogP contribution in [0.1, 0.15) is 31.1 Å². The average molecular weight is 378 g/mol. The summed E-state index contributed by atoms with van der Waals surface area (Å²) in [7, 11) is 3.53. The molecule has 0 radical (unpaired) electrons. The van der Waals surface area contributed by atoms with Crippen LogP contribution in [-0.2, 0) is 11.2 Å². The lowest BCUT2D eigenvalue weighted by atomic mass is 10.2. The topological polar surface area (TPSA) is 60.0 Å². The lowest BCUT2D eigenvalue weighted by Gasteiger charge is -2.20. The van der Waals surface area contributed by atoms with Gasteiger partial charge in [-0.1, -0.05) is 6.07 Å². The lowest BCUT2D eigenvalue weighted by Crippen LogP contribution is -2.45. The number of carbonyl (C=O) groups excluding carboxylic acids is 1. The Morgan fingerprint density at radius 2 is 2.23 bits per heavy atom. The summed E-state index contributed by atoms with van der Waals surface area (Å²) in [6.07, 6.45) is 4.78. The molecule has 144 valence electrons. The molecule has 3 rings (SSSR count). The molecule has 2 N–H and O–H groups in total. The van der Waals surface area contributed by atoms with Gasteiger partial charge in [0, 0.05) is 50.2 Å². The number of thiophene rings is 1. The van der Waals surface area contributed by atoms with Crippen molar-refractivity contribution in [1.82, 2.24) is 20.4 Å². The monoisotopic (exact) mass is 377 g/mol. The summed E-state index contributed by atoms with van der Waals surface area (Å²) in [5, 5.41) is 9.08. The van der Waals surface area contributed by atoms with Crippen LogP contribution in [0.4, 0.5) is 0 Å². The number of likely N-dealkylation sites (N-methyl/N-ethyl adjacent to an activating group) is 1. The van der Waals surface area contributed by atoms with Crippen molar-refractivity contribution >= 4 is 23.2 Å². The van der Waals surface area contributed by atoms with E-state index >= 15 is 0 Å². The zero-order chi connectivity index (χ0) is 18.5. The van der Waals surface area contributed by atoms with E-state index in [1.807, 2.05) is 0 Å². The Bertz CT molecular complexity index is 611. The zero-order valence-corrected chi connectivity index (χ0v) is 16.9. The van der Waals surface area contributed by atoms with E-state index in [4.69, 9.17) is 0 Å². The molecule has 0 spiro atoms. The maximum absolute atomic E-state index is 11.9. The molecule has 1 amide bonds. The quantitative estimate of drug-likeness (QED) is 0.559. The number of hydrogen-bond acceptors (Lipinski definition) is 4. The first-order chi connectivity index (χ1) is 12.5. The van der Waals surface area contributed by atoms with Gasteiger partial charge in [0.1, 0.15) is 6.54 Å². The van der Waals surface area contributed by atoms with E-state index in [9.17, 15) is 4.79 Å². The summed E-state index contributed by atoms with van der Waals surface area (Å²) in [5.74, 6) is 0.773. The number of nitrogens with zero attached hydrogens (tertiary/aromatic N) is 3. The molecule has 1 aliphatic heterocycles. The van der Waals surface area contributed by atoms with E-state index < -0.39 is 0 Å². The molecule has 2 heterocycles. The number of nitrogens with one attached hydrogen (secondary N) is 2. The van der Waals surface area contributed by atoms with Crippen molar-refractivity contribution in [2.75, 3.05) is 33.7 Å². The van der Waals surface area contributed by atoms with E-state index in [-0.39, 0.29) is 12.5 Å². The molecule has 7 heteroatoms. The smallest absolute Gasteiger partial charge is 0.243 e. The third-order valence-electron chi connectivity index (χ3n) is 5.09. The van der Waals surface area contributed by atoms with E-state index in [1.165, 1.54) is 17.7 Å². The van der Waals surface area contributed by atoms with Gasteiger partial charge in [-0.25, -0.2) is 4.99 Å². The lowest BCUT2D eigenvalue weighted by molar-refractivity contribution is -0.127. The van der Waals surface area contributed by atoms with Crippen molar-refractivity contribution in [3.8, 4) is 0 Å². The second kappa shape index (κ2) is 8.86. The fourth-order valence-corrected chi connectivity index (χ4v) is 4.18. The van der Waals surface area contributed by atoms with Crippen LogP contribution < -0.4 is 10.6 Å². The standard InChI is InChI=1S/C19H31N5OS/c1-14-11-15(13-24(14)16-6-7-16)22-19(21-12-18(25)23(2)3)20-9-8-17-5-4-10-26-17/h4-5,10,14-16H,6-9,11-13H2,1-3H3,(H2,20,21,22). The van der Waals surface area contributed by atoms with Gasteiger partial charge in [-0.15, -0.1) is 11.3 Å². The van der Waals surface area contributed by atoms with Crippen LogP contribution in [0.2, 0.25) is 0 Å². The van der Waals surface area contributed by atoms with Gasteiger partial charge in [0.15, 0.2) is 5.96 Å². The maximum atomic E-state index is 11.9. The third-order valence-corrected chi connectivity index (χ3v) is 6.03. The first kappa shape index (κ1) is 19.2. The number of amides is 1. The van der Waals surface area contributed by atoms with Gasteiger partial charge in [0.05, 0.1) is 0 Å². The summed E-state index contributed by atoms with van der Waals surface area (Å²) < 4.78 is 0. The molecule has 1 aliphatic carbocycles. The van der Waals surface area contributed by atoms with Crippen molar-refractivity contribution in [2.45, 2.75) is 50.7 Å². The fraction of sp³-hybridized carbons (Fsp3) is 0.684. The minimum absolute atomic E-state index is 0.0174. The van der Waals surface area contributed by atoms with Crippen LogP contribution in [0.25, 0.3) is 0 Å². The molecule has 2 aliphatic rings. The number of hydrogen-bond donors (Lipinski definition) is 2. The van der Waals surface area contributed by atoms with Gasteiger partial charge in [0.25, 0.3) is 0 Å². The highest BCUT2D eigenvalue weighted by atomic mass is 32.1. The largest absolute Gasteiger partial charge is 0.356 e. The van der Waals surface area contributed by atoms with Crippen molar-refractivity contribution in [1.29, 1.82) is 0 Å². The maximum Gasteiger partial charge on any atom is 0.243 e. The second-order valence-corrected chi connectivity index (χ2v) is 8.60. The molecule has 2 unspecified atom stereocenters. The molecule has 1 aromatic heterocycles. The average Bonchev–Trinajstić information content (AvgIpc) is 3.19. The van der Waals surface area contributed by atoms with Crippen molar-refractivity contribution < 1.29 is 4.79 Å². The van der Waals surface area contributed by atoms with E-state index in [0.717, 1.165) is 37.9 Å². The van der Waals surface area contributed by atoms with E-state index in [1.54, 1.807) is 30.3 Å². The highest BCUT2D eigenvalue weighted by Gasteiger charge is 2.38. The number of likely N-dealkylation sites (tertiary alicyclic amines) is 1. The number of aliphatic imine (C=N–C) groups is 1. The second-order valence-electron chi connectivity index (χ2n) is 7.56. The normalized spacial score (nSPS) is 23.9. The van der Waals surface area contributed by atoms with Gasteiger partial charge in [0.2, 0.25) is 5.91 Å². The molecule has 2 fully saturated rings. The van der Waals surface area contributed by atoms with Crippen LogP contribution in [0.3, 0.4) is 0 Å². The minimum Gasteiger partial charge on any atom is -0.356 e. The molecule has 0 bridgehead atoms. The fourth-order valence-electron chi connectivity index (χ4n) is 3.47. The van der Waals surface area contributed by atoms with Gasteiger partial charge < -0.3 is 15.5 Å². The van der Waals surface area contributed by atoms with Gasteiger partial charge in [-0.05, 0) is 44.1 Å². The predicted molar refractivity (Wildman–Crippen MR) is 108 cm³/mol. The van der Waals surface area contributed by atoms with Crippen LogP contribution in [0, 0.1) is 0 Å². The summed E-state index contributed by atoms with van der Waals surface area (Å²) >= 11 is 1.77. The van der Waals surface area contributed by atoms with Gasteiger partial charge in [-0.2, -0.15) is 0 Å². The summed E-state index contributed by atoms with van der Waals surface area (Å²) in [4.78, 5) is 22.0. The van der Waals surface area contributed by atoms with E-state index in [0.29, 0.717) is 12.1 Å². The van der Waals surface area contributed by atoms with Crippen LogP contribution in [0.15, 0.2) is 22.5 Å². The Hall–Kier alpha value is -1.60. The molecule has 1 aromatic rings. The molecular formula is C19H31N5OS. The van der Waals surface area contributed by atoms with Crippen LogP contribution in [-0.4, -0.2) is 73.5 Å².